The number of nitrogens with zero attached hydrogens (tertiary/aromatic N) is 2. The number of hydrogen-bond acceptors (Lipinski definition) is 3. The van der Waals surface area contributed by atoms with Gasteiger partial charge in [0.25, 0.3) is 11.8 Å². The monoisotopic (exact) mass is 318 g/mol. The highest BCUT2D eigenvalue weighted by Gasteiger charge is 2.29. The molecule has 126 valence electrons. The first kappa shape index (κ1) is 16.0. The molecule has 1 saturated carbocycles. The van der Waals surface area contributed by atoms with Crippen LogP contribution in [0.15, 0.2) is 0 Å². The van der Waals surface area contributed by atoms with Crippen molar-refractivity contribution in [2.45, 2.75) is 77.4 Å². The van der Waals surface area contributed by atoms with Gasteiger partial charge in [0.15, 0.2) is 5.82 Å². The van der Waals surface area contributed by atoms with Crippen molar-refractivity contribution in [2.24, 2.45) is 0 Å². The van der Waals surface area contributed by atoms with Crippen LogP contribution in [0.3, 0.4) is 0 Å². The summed E-state index contributed by atoms with van der Waals surface area (Å²) in [5.41, 5.74) is 1.33. The lowest BCUT2D eigenvalue weighted by Crippen LogP contribution is -2.35. The second kappa shape index (κ2) is 6.72. The molecule has 1 aromatic heterocycles. The number of nitrogens with one attached hydrogen (secondary N) is 2. The summed E-state index contributed by atoms with van der Waals surface area (Å²) in [5, 5.41) is 5.97. The number of carbonyl (C=O) groups is 2. The van der Waals surface area contributed by atoms with E-state index in [4.69, 9.17) is 0 Å². The van der Waals surface area contributed by atoms with Crippen molar-refractivity contribution < 1.29 is 9.59 Å². The Morgan fingerprint density at radius 1 is 1.13 bits per heavy atom. The Kier molecular flexibility index (Phi) is 4.68. The van der Waals surface area contributed by atoms with Crippen molar-refractivity contribution in [3.63, 3.8) is 0 Å². The van der Waals surface area contributed by atoms with Gasteiger partial charge in [0.1, 0.15) is 5.69 Å². The van der Waals surface area contributed by atoms with Gasteiger partial charge in [-0.05, 0) is 46.0 Å². The molecule has 1 aliphatic heterocycles. The lowest BCUT2D eigenvalue weighted by Gasteiger charge is -2.18. The van der Waals surface area contributed by atoms with Crippen LogP contribution in [-0.4, -0.2) is 33.4 Å². The molecule has 2 aliphatic rings. The molecular weight excluding hydrogens is 292 g/mol. The number of aromatic nitrogens is 2. The molecule has 1 aromatic rings. The normalized spacial score (nSPS) is 18.0. The largest absolute Gasteiger partial charge is 0.348 e. The van der Waals surface area contributed by atoms with Gasteiger partial charge >= 0.3 is 0 Å². The number of rotatable bonds is 4. The van der Waals surface area contributed by atoms with E-state index < -0.39 is 0 Å². The average molecular weight is 318 g/mol. The molecule has 3 rings (SSSR count). The second-order valence-electron chi connectivity index (χ2n) is 6.92. The fourth-order valence-electron chi connectivity index (χ4n) is 3.55. The number of carbonyl (C=O) groups excluding carboxylic acids is 2. The minimum absolute atomic E-state index is 0.0548. The van der Waals surface area contributed by atoms with E-state index >= 15 is 0 Å². The summed E-state index contributed by atoms with van der Waals surface area (Å²) in [6.07, 6.45) is 7.31. The summed E-state index contributed by atoms with van der Waals surface area (Å²) >= 11 is 0. The lowest BCUT2D eigenvalue weighted by atomic mass is 10.1. The third-order valence-corrected chi connectivity index (χ3v) is 4.65. The van der Waals surface area contributed by atoms with Gasteiger partial charge in [0.2, 0.25) is 0 Å². The first-order valence-corrected chi connectivity index (χ1v) is 8.77. The fraction of sp³-hybridized carbons (Fsp3) is 0.706. The molecule has 1 aliphatic carbocycles. The van der Waals surface area contributed by atoms with Crippen LogP contribution >= 0.6 is 0 Å². The predicted octanol–water partition coefficient (Wildman–Crippen LogP) is 2.03. The molecule has 23 heavy (non-hydrogen) atoms. The molecule has 1 fully saturated rings. The van der Waals surface area contributed by atoms with Crippen molar-refractivity contribution in [3.05, 3.63) is 17.2 Å². The molecule has 0 saturated heterocycles. The van der Waals surface area contributed by atoms with Gasteiger partial charge in [0, 0.05) is 18.6 Å². The van der Waals surface area contributed by atoms with Gasteiger partial charge in [-0.25, -0.2) is 4.98 Å². The van der Waals surface area contributed by atoms with Crippen LogP contribution in [0.1, 0.15) is 79.2 Å². The van der Waals surface area contributed by atoms with E-state index in [1.165, 1.54) is 12.8 Å². The highest BCUT2D eigenvalue weighted by molar-refractivity contribution is 5.97. The standard InChI is InChI=1S/C17H26N4O2/c1-11(2)18-16(22)14-13-9-5-6-10-21(13)15(20-14)17(23)19-12-7-3-4-8-12/h11-12H,3-10H2,1-2H3,(H,18,22)(H,19,23). The first-order valence-electron chi connectivity index (χ1n) is 8.77. The van der Waals surface area contributed by atoms with E-state index in [-0.39, 0.29) is 23.9 Å². The molecule has 0 aromatic carbocycles. The van der Waals surface area contributed by atoms with Gasteiger partial charge in [-0.1, -0.05) is 12.8 Å². The minimum Gasteiger partial charge on any atom is -0.348 e. The third-order valence-electron chi connectivity index (χ3n) is 4.65. The zero-order valence-electron chi connectivity index (χ0n) is 14.0. The van der Waals surface area contributed by atoms with E-state index in [2.05, 4.69) is 15.6 Å². The topological polar surface area (TPSA) is 76.0 Å². The summed E-state index contributed by atoms with van der Waals surface area (Å²) in [4.78, 5) is 29.4. The maximum Gasteiger partial charge on any atom is 0.287 e. The maximum absolute atomic E-state index is 12.6. The molecular formula is C17H26N4O2. The molecule has 6 nitrogen and oxygen atoms in total. The Morgan fingerprint density at radius 3 is 2.57 bits per heavy atom. The minimum atomic E-state index is -0.175. The Hall–Kier alpha value is -1.85. The van der Waals surface area contributed by atoms with E-state index in [1.54, 1.807) is 0 Å². The van der Waals surface area contributed by atoms with Gasteiger partial charge in [-0.2, -0.15) is 0 Å². The Balaban J connectivity index is 1.86. The summed E-state index contributed by atoms with van der Waals surface area (Å²) in [6, 6.07) is 0.311. The molecule has 0 unspecified atom stereocenters. The first-order chi connectivity index (χ1) is 11.1. The Bertz CT molecular complexity index is 600. The zero-order valence-corrected chi connectivity index (χ0v) is 14.0. The second-order valence-corrected chi connectivity index (χ2v) is 6.92. The van der Waals surface area contributed by atoms with E-state index in [0.29, 0.717) is 11.5 Å². The van der Waals surface area contributed by atoms with Crippen molar-refractivity contribution in [1.82, 2.24) is 20.2 Å². The van der Waals surface area contributed by atoms with Gasteiger partial charge < -0.3 is 15.2 Å². The highest BCUT2D eigenvalue weighted by Crippen LogP contribution is 2.22. The van der Waals surface area contributed by atoms with Crippen molar-refractivity contribution in [3.8, 4) is 0 Å². The number of hydrogen-bond donors (Lipinski definition) is 2. The maximum atomic E-state index is 12.6. The van der Waals surface area contributed by atoms with Crippen LogP contribution in [0, 0.1) is 0 Å². The number of imidazole rings is 1. The summed E-state index contributed by atoms with van der Waals surface area (Å²) < 4.78 is 1.95. The SMILES string of the molecule is CC(C)NC(=O)c1nc(C(=O)NC2CCCC2)n2c1CCCC2. The molecule has 2 amide bonds. The van der Waals surface area contributed by atoms with E-state index in [9.17, 15) is 9.59 Å². The predicted molar refractivity (Wildman–Crippen MR) is 87.5 cm³/mol. The smallest absolute Gasteiger partial charge is 0.287 e. The highest BCUT2D eigenvalue weighted by atomic mass is 16.2. The Morgan fingerprint density at radius 2 is 1.87 bits per heavy atom. The summed E-state index contributed by atoms with van der Waals surface area (Å²) in [6.45, 7) is 4.62. The van der Waals surface area contributed by atoms with Crippen LogP contribution in [0.25, 0.3) is 0 Å². The third kappa shape index (κ3) is 3.41. The van der Waals surface area contributed by atoms with E-state index in [0.717, 1.165) is 44.3 Å². The molecule has 2 N–H and O–H groups in total. The number of amides is 2. The number of fused-ring (bicyclic) bond motifs is 1. The van der Waals surface area contributed by atoms with E-state index in [1.807, 2.05) is 18.4 Å². The van der Waals surface area contributed by atoms with Crippen LogP contribution in [0.5, 0.6) is 0 Å². The summed E-state index contributed by atoms with van der Waals surface area (Å²) in [5.74, 6) is 0.0923. The van der Waals surface area contributed by atoms with Gasteiger partial charge in [-0.3, -0.25) is 9.59 Å². The van der Waals surface area contributed by atoms with Crippen LogP contribution in [-0.2, 0) is 13.0 Å². The molecule has 0 spiro atoms. The zero-order chi connectivity index (χ0) is 16.4. The Labute approximate surface area is 137 Å². The molecule has 0 bridgehead atoms. The van der Waals surface area contributed by atoms with Crippen molar-refractivity contribution >= 4 is 11.8 Å². The lowest BCUT2D eigenvalue weighted by molar-refractivity contribution is 0.0921. The molecule has 2 heterocycles. The van der Waals surface area contributed by atoms with Crippen LogP contribution in [0.4, 0.5) is 0 Å². The van der Waals surface area contributed by atoms with Gasteiger partial charge in [-0.15, -0.1) is 0 Å². The van der Waals surface area contributed by atoms with Crippen LogP contribution in [0.2, 0.25) is 0 Å². The van der Waals surface area contributed by atoms with Crippen LogP contribution < -0.4 is 10.6 Å². The average Bonchev–Trinajstić information content (AvgIpc) is 3.13. The van der Waals surface area contributed by atoms with Gasteiger partial charge in [0.05, 0.1) is 5.69 Å². The molecule has 0 radical (unpaired) electrons. The summed E-state index contributed by atoms with van der Waals surface area (Å²) in [7, 11) is 0. The fourth-order valence-corrected chi connectivity index (χ4v) is 3.55. The quantitative estimate of drug-likeness (QED) is 0.892. The molecule has 0 atom stereocenters. The molecule has 6 heteroatoms. The van der Waals surface area contributed by atoms with Crippen molar-refractivity contribution in [1.29, 1.82) is 0 Å². The van der Waals surface area contributed by atoms with Crippen molar-refractivity contribution in [2.75, 3.05) is 0 Å².